The van der Waals surface area contributed by atoms with E-state index in [1.54, 1.807) is 0 Å². The van der Waals surface area contributed by atoms with Gasteiger partial charge in [0.15, 0.2) is 8.32 Å². The largest absolute Gasteiger partial charge is 0.417 e. The molecule has 0 atom stereocenters. The zero-order valence-electron chi connectivity index (χ0n) is 20.6. The van der Waals surface area contributed by atoms with Gasteiger partial charge in [-0.05, 0) is 108 Å². The van der Waals surface area contributed by atoms with Gasteiger partial charge in [-0.15, -0.1) is 0 Å². The number of nitrogens with zero attached hydrogens (tertiary/aromatic N) is 2. The van der Waals surface area contributed by atoms with Crippen molar-refractivity contribution in [3.05, 3.63) is 0 Å². The van der Waals surface area contributed by atoms with E-state index in [-0.39, 0.29) is 13.2 Å². The second-order valence-electron chi connectivity index (χ2n) is 11.4. The normalized spacial score (nSPS) is 21.6. The first-order valence-electron chi connectivity index (χ1n) is 12.4. The Hall–Kier alpha value is 0.0169. The molecule has 2 aliphatic rings. The molecule has 178 valence electrons. The summed E-state index contributed by atoms with van der Waals surface area (Å²) < 4.78 is 6.32. The van der Waals surface area contributed by atoms with E-state index in [1.807, 2.05) is 0 Å². The summed E-state index contributed by atoms with van der Waals surface area (Å²) in [7, 11) is -1.59. The highest BCUT2D eigenvalue weighted by Gasteiger charge is 2.39. The van der Waals surface area contributed by atoms with E-state index in [0.29, 0.717) is 16.5 Å². The van der Waals surface area contributed by atoms with Crippen molar-refractivity contribution in [1.29, 1.82) is 0 Å². The maximum atomic E-state index is 9.33. The van der Waals surface area contributed by atoms with Gasteiger partial charge in [-0.2, -0.15) is 0 Å². The lowest BCUT2D eigenvalue weighted by atomic mass is 9.71. The molecule has 0 bridgehead atoms. The van der Waals surface area contributed by atoms with E-state index < -0.39 is 8.32 Å². The van der Waals surface area contributed by atoms with Crippen molar-refractivity contribution in [1.82, 2.24) is 9.80 Å². The molecule has 2 saturated heterocycles. The number of piperidine rings is 2. The minimum atomic E-state index is -1.59. The van der Waals surface area contributed by atoms with Crippen LogP contribution in [-0.2, 0) is 4.43 Å². The molecule has 5 nitrogen and oxygen atoms in total. The topological polar surface area (TPSA) is 56.2 Å². The second kappa shape index (κ2) is 11.8. The van der Waals surface area contributed by atoms with E-state index in [4.69, 9.17) is 4.43 Å². The fraction of sp³-hybridized carbons (Fsp3) is 1.00. The van der Waals surface area contributed by atoms with Crippen molar-refractivity contribution >= 4 is 8.32 Å². The van der Waals surface area contributed by atoms with Crippen molar-refractivity contribution in [3.63, 3.8) is 0 Å². The molecule has 2 heterocycles. The molecule has 0 amide bonds. The summed E-state index contributed by atoms with van der Waals surface area (Å²) >= 11 is 0. The molecule has 2 N–H and O–H groups in total. The Bertz CT molecular complexity index is 471. The van der Waals surface area contributed by atoms with Gasteiger partial charge >= 0.3 is 0 Å². The number of aliphatic hydroxyl groups excluding tert-OH is 2. The standard InChI is InChI=1S/C24H50N2O3Si/c1-23(2,3)30(4,5)29-21-7-6-14-25-15-10-24(11-16-25)12-17-26(18-13-24)22(8-19-27)9-20-28/h22,27-28H,6-21H2,1-5H3. The highest BCUT2D eigenvalue weighted by atomic mass is 28.4. The summed E-state index contributed by atoms with van der Waals surface area (Å²) in [6.07, 6.45) is 9.27. The van der Waals surface area contributed by atoms with Gasteiger partial charge in [0.05, 0.1) is 0 Å². The molecule has 0 saturated carbocycles. The second-order valence-corrected chi connectivity index (χ2v) is 16.2. The summed E-state index contributed by atoms with van der Waals surface area (Å²) in [6, 6.07) is 0.353. The van der Waals surface area contributed by atoms with Crippen LogP contribution in [0, 0.1) is 5.41 Å². The molecule has 0 radical (unpaired) electrons. The first-order chi connectivity index (χ1) is 14.1. The molecule has 2 aliphatic heterocycles. The Kier molecular flexibility index (Phi) is 10.3. The molecule has 0 aliphatic carbocycles. The number of hydrogen-bond donors (Lipinski definition) is 2. The van der Waals surface area contributed by atoms with E-state index in [9.17, 15) is 10.2 Å². The van der Waals surface area contributed by atoms with Gasteiger partial charge in [-0.1, -0.05) is 20.8 Å². The summed E-state index contributed by atoms with van der Waals surface area (Å²) in [4.78, 5) is 5.19. The molecule has 2 rings (SSSR count). The van der Waals surface area contributed by atoms with Crippen LogP contribution in [-0.4, -0.2) is 86.9 Å². The van der Waals surface area contributed by atoms with Crippen LogP contribution >= 0.6 is 0 Å². The molecule has 30 heavy (non-hydrogen) atoms. The van der Waals surface area contributed by atoms with Crippen LogP contribution < -0.4 is 0 Å². The zero-order chi connectivity index (χ0) is 22.3. The van der Waals surface area contributed by atoms with Gasteiger partial charge in [-0.25, -0.2) is 0 Å². The lowest BCUT2D eigenvalue weighted by Crippen LogP contribution is -2.49. The molecular weight excluding hydrogens is 392 g/mol. The third-order valence-corrected chi connectivity index (χ3v) is 12.9. The average Bonchev–Trinajstić information content (AvgIpc) is 2.69. The Balaban J connectivity index is 1.63. The van der Waals surface area contributed by atoms with Crippen molar-refractivity contribution in [2.45, 2.75) is 96.3 Å². The summed E-state index contributed by atoms with van der Waals surface area (Å²) in [5, 5.41) is 19.0. The predicted octanol–water partition coefficient (Wildman–Crippen LogP) is 4.10. The van der Waals surface area contributed by atoms with Crippen LogP contribution in [0.5, 0.6) is 0 Å². The van der Waals surface area contributed by atoms with Crippen LogP contribution in [0.4, 0.5) is 0 Å². The summed E-state index contributed by atoms with van der Waals surface area (Å²) in [5.74, 6) is 0. The van der Waals surface area contributed by atoms with Crippen molar-refractivity contribution in [3.8, 4) is 0 Å². The number of aliphatic hydroxyl groups is 2. The predicted molar refractivity (Wildman–Crippen MR) is 128 cm³/mol. The Labute approximate surface area is 187 Å². The SMILES string of the molecule is CC(C)(C)[Si](C)(C)OCCCCN1CCC2(CC1)CCN(C(CCO)CCO)CC2. The van der Waals surface area contributed by atoms with Crippen LogP contribution in [0.3, 0.4) is 0 Å². The van der Waals surface area contributed by atoms with E-state index in [1.165, 1.54) is 58.2 Å². The van der Waals surface area contributed by atoms with Gasteiger partial charge in [-0.3, -0.25) is 0 Å². The first kappa shape index (κ1) is 26.3. The van der Waals surface area contributed by atoms with Gasteiger partial charge in [0.25, 0.3) is 0 Å². The Morgan fingerprint density at radius 3 is 1.93 bits per heavy atom. The highest BCUT2D eigenvalue weighted by Crippen LogP contribution is 2.42. The summed E-state index contributed by atoms with van der Waals surface area (Å²) in [6.45, 7) is 19.0. The van der Waals surface area contributed by atoms with E-state index >= 15 is 0 Å². The van der Waals surface area contributed by atoms with Crippen LogP contribution in [0.2, 0.25) is 18.1 Å². The quantitative estimate of drug-likeness (QED) is 0.373. The van der Waals surface area contributed by atoms with Crippen molar-refractivity contribution < 1.29 is 14.6 Å². The molecular formula is C24H50N2O3Si. The number of hydrogen-bond acceptors (Lipinski definition) is 5. The maximum absolute atomic E-state index is 9.33. The van der Waals surface area contributed by atoms with Crippen molar-refractivity contribution in [2.24, 2.45) is 5.41 Å². The van der Waals surface area contributed by atoms with Crippen molar-refractivity contribution in [2.75, 3.05) is 52.5 Å². The zero-order valence-corrected chi connectivity index (χ0v) is 21.6. The number of rotatable bonds is 11. The van der Waals surface area contributed by atoms with Crippen LogP contribution in [0.1, 0.15) is 72.1 Å². The minimum absolute atomic E-state index is 0.224. The lowest BCUT2D eigenvalue weighted by molar-refractivity contribution is 0.0108. The number of unbranched alkanes of at least 4 members (excludes halogenated alkanes) is 1. The average molecular weight is 443 g/mol. The van der Waals surface area contributed by atoms with Gasteiger partial charge in [0.1, 0.15) is 0 Å². The number of likely N-dealkylation sites (tertiary alicyclic amines) is 2. The molecule has 0 unspecified atom stereocenters. The van der Waals surface area contributed by atoms with Crippen LogP contribution in [0.15, 0.2) is 0 Å². The molecule has 6 heteroatoms. The molecule has 1 spiro atoms. The monoisotopic (exact) mass is 442 g/mol. The first-order valence-corrected chi connectivity index (χ1v) is 15.4. The maximum Gasteiger partial charge on any atom is 0.191 e. The molecule has 0 aromatic rings. The van der Waals surface area contributed by atoms with Gasteiger partial charge in [0.2, 0.25) is 0 Å². The lowest BCUT2D eigenvalue weighted by Gasteiger charge is -2.48. The smallest absolute Gasteiger partial charge is 0.191 e. The molecule has 0 aromatic heterocycles. The minimum Gasteiger partial charge on any atom is -0.417 e. The highest BCUT2D eigenvalue weighted by molar-refractivity contribution is 6.74. The fourth-order valence-corrected chi connectivity index (χ4v) is 5.99. The molecule has 0 aromatic carbocycles. The molecule has 2 fully saturated rings. The van der Waals surface area contributed by atoms with E-state index in [2.05, 4.69) is 43.7 Å². The van der Waals surface area contributed by atoms with Crippen LogP contribution in [0.25, 0.3) is 0 Å². The third-order valence-electron chi connectivity index (χ3n) is 8.35. The summed E-state index contributed by atoms with van der Waals surface area (Å²) in [5.41, 5.74) is 0.543. The van der Waals surface area contributed by atoms with Gasteiger partial charge in [0, 0.05) is 25.9 Å². The van der Waals surface area contributed by atoms with E-state index in [0.717, 1.165) is 32.5 Å². The Morgan fingerprint density at radius 1 is 0.900 bits per heavy atom. The Morgan fingerprint density at radius 2 is 1.43 bits per heavy atom. The third kappa shape index (κ3) is 7.56. The van der Waals surface area contributed by atoms with Gasteiger partial charge < -0.3 is 24.4 Å². The fourth-order valence-electron chi connectivity index (χ4n) is 4.90.